The van der Waals surface area contributed by atoms with Gasteiger partial charge >= 0.3 is 0 Å². The molecule has 2 rings (SSSR count). The van der Waals surface area contributed by atoms with Crippen molar-refractivity contribution < 1.29 is 8.78 Å². The molecule has 0 aromatic carbocycles. The lowest BCUT2D eigenvalue weighted by Crippen LogP contribution is -2.57. The summed E-state index contributed by atoms with van der Waals surface area (Å²) in [6.07, 6.45) is 1.83. The molecule has 2 aliphatic rings. The first-order chi connectivity index (χ1) is 4.52. The molecule has 2 N–H and O–H groups in total. The van der Waals surface area contributed by atoms with Gasteiger partial charge in [0.15, 0.2) is 0 Å². The summed E-state index contributed by atoms with van der Waals surface area (Å²) in [5.74, 6) is -2.36. The van der Waals surface area contributed by atoms with E-state index >= 15 is 0 Å². The van der Waals surface area contributed by atoms with Gasteiger partial charge in [0, 0.05) is 18.9 Å². The maximum atomic E-state index is 12.3. The van der Waals surface area contributed by atoms with Crippen molar-refractivity contribution >= 4 is 12.4 Å². The summed E-state index contributed by atoms with van der Waals surface area (Å²) in [7, 11) is 0. The quantitative estimate of drug-likeness (QED) is 0.611. The molecule has 0 aromatic rings. The lowest BCUT2D eigenvalue weighted by Gasteiger charge is -2.56. The molecule has 0 bridgehead atoms. The van der Waals surface area contributed by atoms with E-state index in [2.05, 4.69) is 0 Å². The summed E-state index contributed by atoms with van der Waals surface area (Å²) in [6.45, 7) is 0. The Kier molecular flexibility index (Phi) is 1.92. The van der Waals surface area contributed by atoms with Crippen molar-refractivity contribution in [3.8, 4) is 0 Å². The Morgan fingerprint density at radius 2 is 1.64 bits per heavy atom. The largest absolute Gasteiger partial charge is 0.328 e. The molecule has 0 amide bonds. The summed E-state index contributed by atoms with van der Waals surface area (Å²) in [4.78, 5) is 0. The van der Waals surface area contributed by atoms with Gasteiger partial charge in [-0.2, -0.15) is 0 Å². The van der Waals surface area contributed by atoms with Gasteiger partial charge in [0.25, 0.3) is 0 Å². The van der Waals surface area contributed by atoms with Crippen LogP contribution in [0.5, 0.6) is 0 Å². The van der Waals surface area contributed by atoms with E-state index in [1.54, 1.807) is 0 Å². The maximum absolute atomic E-state index is 12.3. The van der Waals surface area contributed by atoms with E-state index in [9.17, 15) is 8.78 Å². The third-order valence-corrected chi connectivity index (χ3v) is 2.66. The van der Waals surface area contributed by atoms with Crippen LogP contribution in [-0.2, 0) is 0 Å². The van der Waals surface area contributed by atoms with Gasteiger partial charge in [0.1, 0.15) is 0 Å². The predicted octanol–water partition coefficient (Wildman–Crippen LogP) is 1.94. The van der Waals surface area contributed by atoms with Gasteiger partial charge in [-0.15, -0.1) is 12.4 Å². The first-order valence-corrected chi connectivity index (χ1v) is 3.65. The standard InChI is InChI=1S/C7H11F2N.ClH/c8-7(9)3-6(4-7)1-5(10)2-6;/h5H,1-4,10H2;1H. The van der Waals surface area contributed by atoms with Crippen LogP contribution in [0.2, 0.25) is 0 Å². The molecule has 2 saturated carbocycles. The average Bonchev–Trinajstić information content (AvgIpc) is 1.55. The number of halogens is 3. The average molecular weight is 184 g/mol. The lowest BCUT2D eigenvalue weighted by atomic mass is 9.52. The molecule has 0 unspecified atom stereocenters. The Labute approximate surface area is 70.7 Å². The molecule has 0 heterocycles. The Hall–Kier alpha value is 0.110. The fourth-order valence-corrected chi connectivity index (χ4v) is 2.39. The third-order valence-electron chi connectivity index (χ3n) is 2.66. The van der Waals surface area contributed by atoms with Crippen molar-refractivity contribution in [1.29, 1.82) is 0 Å². The summed E-state index contributed by atoms with van der Waals surface area (Å²) in [5, 5.41) is 0. The molecule has 1 spiro atoms. The normalized spacial score (nSPS) is 31.9. The zero-order valence-corrected chi connectivity index (χ0v) is 6.96. The molecule has 11 heavy (non-hydrogen) atoms. The summed E-state index contributed by atoms with van der Waals surface area (Å²) in [5.41, 5.74) is 5.48. The molecule has 0 radical (unpaired) electrons. The van der Waals surface area contributed by atoms with Crippen LogP contribution in [0, 0.1) is 5.41 Å². The van der Waals surface area contributed by atoms with Gasteiger partial charge in [-0.3, -0.25) is 0 Å². The maximum Gasteiger partial charge on any atom is 0.249 e. The molecule has 1 nitrogen and oxygen atoms in total. The highest BCUT2D eigenvalue weighted by Crippen LogP contribution is 2.61. The second-order valence-electron chi connectivity index (χ2n) is 3.88. The second kappa shape index (κ2) is 2.30. The SMILES string of the molecule is Cl.NC1CC2(C1)CC(F)(F)C2. The van der Waals surface area contributed by atoms with Crippen LogP contribution in [0.4, 0.5) is 8.78 Å². The van der Waals surface area contributed by atoms with E-state index in [1.807, 2.05) is 0 Å². The molecule has 0 aromatic heterocycles. The van der Waals surface area contributed by atoms with Gasteiger partial charge in [-0.1, -0.05) is 0 Å². The van der Waals surface area contributed by atoms with Crippen LogP contribution in [-0.4, -0.2) is 12.0 Å². The highest BCUT2D eigenvalue weighted by Gasteiger charge is 2.60. The van der Waals surface area contributed by atoms with E-state index in [1.165, 1.54) is 0 Å². The Morgan fingerprint density at radius 3 is 1.91 bits per heavy atom. The van der Waals surface area contributed by atoms with Crippen molar-refractivity contribution in [2.45, 2.75) is 37.6 Å². The van der Waals surface area contributed by atoms with Gasteiger partial charge in [-0.05, 0) is 18.3 Å². The summed E-state index contributed by atoms with van der Waals surface area (Å²) < 4.78 is 24.7. The summed E-state index contributed by atoms with van der Waals surface area (Å²) in [6, 6.07) is 0.205. The van der Waals surface area contributed by atoms with Gasteiger partial charge < -0.3 is 5.73 Å². The van der Waals surface area contributed by atoms with E-state index in [0.717, 1.165) is 12.8 Å². The Bertz CT molecular complexity index is 156. The molecule has 2 fully saturated rings. The first-order valence-electron chi connectivity index (χ1n) is 3.65. The molecule has 0 atom stereocenters. The molecule has 4 heteroatoms. The second-order valence-corrected chi connectivity index (χ2v) is 3.88. The van der Waals surface area contributed by atoms with Crippen molar-refractivity contribution in [1.82, 2.24) is 0 Å². The number of alkyl halides is 2. The fraction of sp³-hybridized carbons (Fsp3) is 1.00. The van der Waals surface area contributed by atoms with Crippen molar-refractivity contribution in [3.05, 3.63) is 0 Å². The van der Waals surface area contributed by atoms with E-state index in [4.69, 9.17) is 5.73 Å². The first kappa shape index (κ1) is 9.20. The van der Waals surface area contributed by atoms with Gasteiger partial charge in [0.2, 0.25) is 5.92 Å². The third kappa shape index (κ3) is 1.36. The van der Waals surface area contributed by atoms with E-state index in [-0.39, 0.29) is 36.7 Å². The van der Waals surface area contributed by atoms with E-state index in [0.29, 0.717) is 0 Å². The minimum absolute atomic E-state index is 0. The van der Waals surface area contributed by atoms with Gasteiger partial charge in [-0.25, -0.2) is 8.78 Å². The minimum atomic E-state index is -2.36. The van der Waals surface area contributed by atoms with Crippen molar-refractivity contribution in [3.63, 3.8) is 0 Å². The van der Waals surface area contributed by atoms with Crippen molar-refractivity contribution in [2.75, 3.05) is 0 Å². The molecule has 2 aliphatic carbocycles. The van der Waals surface area contributed by atoms with Crippen LogP contribution in [0.1, 0.15) is 25.7 Å². The molecule has 0 saturated heterocycles. The Balaban J connectivity index is 0.000000605. The van der Waals surface area contributed by atoms with Crippen molar-refractivity contribution in [2.24, 2.45) is 11.1 Å². The molecular weight excluding hydrogens is 172 g/mol. The van der Waals surface area contributed by atoms with Crippen LogP contribution in [0.25, 0.3) is 0 Å². The zero-order chi connectivity index (χ0) is 7.41. The van der Waals surface area contributed by atoms with Crippen LogP contribution in [0.3, 0.4) is 0 Å². The zero-order valence-electron chi connectivity index (χ0n) is 6.15. The topological polar surface area (TPSA) is 26.0 Å². The number of rotatable bonds is 0. The predicted molar refractivity (Wildman–Crippen MR) is 41.1 cm³/mol. The fourth-order valence-electron chi connectivity index (χ4n) is 2.39. The number of hydrogen-bond donors (Lipinski definition) is 1. The monoisotopic (exact) mass is 183 g/mol. The van der Waals surface area contributed by atoms with Crippen LogP contribution >= 0.6 is 12.4 Å². The lowest BCUT2D eigenvalue weighted by molar-refractivity contribution is -0.195. The number of nitrogens with two attached hydrogens (primary N) is 1. The number of hydrogen-bond acceptors (Lipinski definition) is 1. The van der Waals surface area contributed by atoms with Crippen LogP contribution < -0.4 is 5.73 Å². The molecule has 0 aliphatic heterocycles. The minimum Gasteiger partial charge on any atom is -0.328 e. The smallest absolute Gasteiger partial charge is 0.249 e. The highest BCUT2D eigenvalue weighted by molar-refractivity contribution is 5.85. The Morgan fingerprint density at radius 1 is 1.18 bits per heavy atom. The van der Waals surface area contributed by atoms with Gasteiger partial charge in [0.05, 0.1) is 0 Å². The molecule has 66 valence electrons. The highest BCUT2D eigenvalue weighted by atomic mass is 35.5. The van der Waals surface area contributed by atoms with Crippen LogP contribution in [0.15, 0.2) is 0 Å². The van der Waals surface area contributed by atoms with E-state index < -0.39 is 5.92 Å². The summed E-state index contributed by atoms with van der Waals surface area (Å²) >= 11 is 0. The molecular formula is C7H12ClF2N.